The third kappa shape index (κ3) is 4.60. The zero-order valence-corrected chi connectivity index (χ0v) is 25.7. The lowest BCUT2D eigenvalue weighted by atomic mass is 9.93. The number of thiazole rings is 1. The van der Waals surface area contributed by atoms with E-state index in [0.717, 1.165) is 26.7 Å². The summed E-state index contributed by atoms with van der Waals surface area (Å²) in [7, 11) is 3.23. The Morgan fingerprint density at radius 1 is 1.10 bits per heavy atom. The van der Waals surface area contributed by atoms with E-state index < -0.39 is 17.6 Å². The predicted molar refractivity (Wildman–Crippen MR) is 157 cm³/mol. The zero-order valence-electron chi connectivity index (χ0n) is 21.7. The summed E-state index contributed by atoms with van der Waals surface area (Å²) in [6.45, 7) is 3.91. The van der Waals surface area contributed by atoms with Crippen molar-refractivity contribution in [3.63, 3.8) is 0 Å². The maximum absolute atomic E-state index is 14.3. The molecule has 1 aromatic heterocycles. The Morgan fingerprint density at radius 3 is 2.51 bits per heavy atom. The van der Waals surface area contributed by atoms with Crippen LogP contribution in [0.15, 0.2) is 66.4 Å². The van der Waals surface area contributed by atoms with E-state index in [2.05, 4.69) is 31.9 Å². The molecule has 11 heteroatoms. The van der Waals surface area contributed by atoms with Crippen molar-refractivity contribution >= 4 is 66.3 Å². The highest BCUT2D eigenvalue weighted by molar-refractivity contribution is 9.10. The Kier molecular flexibility index (Phi) is 7.67. The van der Waals surface area contributed by atoms with Gasteiger partial charge in [0, 0.05) is 27.1 Å². The topological polar surface area (TPSA) is 90.2 Å². The van der Waals surface area contributed by atoms with Gasteiger partial charge in [-0.1, -0.05) is 56.5 Å². The molecule has 2 aliphatic heterocycles. The van der Waals surface area contributed by atoms with Crippen LogP contribution in [-0.4, -0.2) is 37.2 Å². The average molecular weight is 675 g/mol. The van der Waals surface area contributed by atoms with Crippen molar-refractivity contribution in [1.29, 1.82) is 0 Å². The molecule has 0 saturated heterocycles. The first-order valence-electron chi connectivity index (χ1n) is 12.4. The van der Waals surface area contributed by atoms with Crippen LogP contribution in [-0.2, 0) is 14.3 Å². The lowest BCUT2D eigenvalue weighted by molar-refractivity contribution is -0.139. The molecule has 1 amide bonds. The van der Waals surface area contributed by atoms with Gasteiger partial charge in [-0.25, -0.2) is 9.79 Å². The molecule has 5 rings (SSSR count). The summed E-state index contributed by atoms with van der Waals surface area (Å²) >= 11 is 8.17. The highest BCUT2D eigenvalue weighted by Gasteiger charge is 2.38. The van der Waals surface area contributed by atoms with Crippen LogP contribution in [0.2, 0.25) is 0 Å². The first-order valence-corrected chi connectivity index (χ1v) is 14.8. The van der Waals surface area contributed by atoms with Crippen molar-refractivity contribution in [1.82, 2.24) is 4.57 Å². The minimum Gasteiger partial charge on any atom is -0.496 e. The number of aromatic nitrogens is 1. The Hall–Kier alpha value is -3.02. The van der Waals surface area contributed by atoms with Crippen LogP contribution >= 0.6 is 43.2 Å². The normalized spacial score (nSPS) is 17.6. The summed E-state index contributed by atoms with van der Waals surface area (Å²) in [5.41, 5.74) is 2.73. The number of halogens is 2. The number of hydrogen-bond donors (Lipinski definition) is 0. The molecule has 3 aromatic rings. The number of allylic oxidation sites excluding steroid dienone is 1. The number of amides is 1. The molecule has 3 heterocycles. The molecular weight excluding hydrogens is 650 g/mol. The summed E-state index contributed by atoms with van der Waals surface area (Å²) in [5, 5.41) is 0. The van der Waals surface area contributed by atoms with E-state index in [4.69, 9.17) is 14.5 Å². The second-order valence-corrected chi connectivity index (χ2v) is 11.8. The minimum atomic E-state index is -0.861. The first-order chi connectivity index (χ1) is 18.7. The third-order valence-corrected chi connectivity index (χ3v) is 8.73. The van der Waals surface area contributed by atoms with Crippen molar-refractivity contribution in [2.75, 3.05) is 25.7 Å². The molecule has 0 saturated carbocycles. The van der Waals surface area contributed by atoms with Gasteiger partial charge < -0.3 is 14.4 Å². The molecule has 2 aliphatic rings. The van der Waals surface area contributed by atoms with Crippen LogP contribution in [0.5, 0.6) is 5.75 Å². The van der Waals surface area contributed by atoms with Gasteiger partial charge >= 0.3 is 5.97 Å². The lowest BCUT2D eigenvalue weighted by Gasteiger charge is -2.27. The Morgan fingerprint density at radius 2 is 1.82 bits per heavy atom. The predicted octanol–water partition coefficient (Wildman–Crippen LogP) is 4.46. The van der Waals surface area contributed by atoms with Crippen LogP contribution in [0.4, 0.5) is 5.69 Å². The Balaban J connectivity index is 1.90. The van der Waals surface area contributed by atoms with Crippen molar-refractivity contribution < 1.29 is 19.1 Å². The molecule has 8 nitrogen and oxygen atoms in total. The first kappa shape index (κ1) is 27.5. The molecule has 0 bridgehead atoms. The lowest BCUT2D eigenvalue weighted by Crippen LogP contribution is -2.41. The van der Waals surface area contributed by atoms with Crippen LogP contribution in [0.1, 0.15) is 43.9 Å². The molecule has 0 fully saturated rings. The maximum Gasteiger partial charge on any atom is 0.338 e. The summed E-state index contributed by atoms with van der Waals surface area (Å²) in [5.74, 6) is -0.309. The number of nitrogens with zero attached hydrogens (tertiary/aromatic N) is 3. The van der Waals surface area contributed by atoms with Gasteiger partial charge in [-0.05, 0) is 49.7 Å². The smallest absolute Gasteiger partial charge is 0.338 e. The van der Waals surface area contributed by atoms with E-state index in [1.54, 1.807) is 27.1 Å². The quantitative estimate of drug-likeness (QED) is 0.361. The molecule has 2 aromatic carbocycles. The van der Waals surface area contributed by atoms with Gasteiger partial charge in [0.05, 0.1) is 36.2 Å². The van der Waals surface area contributed by atoms with Gasteiger partial charge in [-0.15, -0.1) is 0 Å². The van der Waals surface area contributed by atoms with E-state index in [9.17, 15) is 14.4 Å². The van der Waals surface area contributed by atoms with Gasteiger partial charge in [0.1, 0.15) is 16.3 Å². The van der Waals surface area contributed by atoms with Gasteiger partial charge in [0.25, 0.3) is 11.5 Å². The molecule has 1 atom stereocenters. The number of fused-ring (bicyclic) bond motifs is 2. The number of carbonyl (C=O) groups excluding carboxylic acids is 2. The maximum atomic E-state index is 14.3. The number of carbonyl (C=O) groups is 2. The Labute approximate surface area is 245 Å². The summed E-state index contributed by atoms with van der Waals surface area (Å²) in [6, 6.07) is 10.1. The largest absolute Gasteiger partial charge is 0.496 e. The highest BCUT2D eigenvalue weighted by atomic mass is 79.9. The van der Waals surface area contributed by atoms with Crippen LogP contribution in [0.25, 0.3) is 5.57 Å². The van der Waals surface area contributed by atoms with E-state index in [1.807, 2.05) is 37.3 Å². The third-order valence-electron chi connectivity index (χ3n) is 6.69. The monoisotopic (exact) mass is 673 g/mol. The molecule has 0 unspecified atom stereocenters. The second kappa shape index (κ2) is 10.9. The standard InChI is InChI=1S/C28H25Br2N3O5S/c1-5-7-18-22(27(36)38-6-2)23(17-13-15(30)9-11-20(17)37-4)33-26(35)24(39-28(33)31-18)21-16-12-14(29)8-10-19(16)32(3)25(21)34/h8-13,23H,5-7H2,1-4H3/b24-21+/t23-/m0/s1. The van der Waals surface area contributed by atoms with Crippen molar-refractivity contribution in [2.45, 2.75) is 32.7 Å². The molecule has 39 heavy (non-hydrogen) atoms. The fourth-order valence-corrected chi connectivity index (χ4v) is 6.85. The van der Waals surface area contributed by atoms with E-state index in [-0.39, 0.29) is 22.6 Å². The molecule has 202 valence electrons. The number of likely N-dealkylation sites (N-methyl/N-ethyl adjacent to an activating group) is 1. The van der Waals surface area contributed by atoms with Crippen LogP contribution in [0.3, 0.4) is 0 Å². The number of benzene rings is 2. The number of methoxy groups -OCH3 is 1. The summed E-state index contributed by atoms with van der Waals surface area (Å²) in [4.78, 5) is 47.9. The molecule has 0 radical (unpaired) electrons. The SMILES string of the molecule is CCCC1=C(C(=O)OCC)[C@H](c2cc(Br)ccc2OC)n2c(s/c(=C3/C(=O)N(C)c4ccc(Br)cc43)c2=O)=N1. The molecular formula is C28H25Br2N3O5S. The highest BCUT2D eigenvalue weighted by Crippen LogP contribution is 2.39. The fourth-order valence-electron chi connectivity index (χ4n) is 5.00. The number of hydrogen-bond acceptors (Lipinski definition) is 7. The minimum absolute atomic E-state index is 0.172. The summed E-state index contributed by atoms with van der Waals surface area (Å²) < 4.78 is 14.5. The number of ether oxygens (including phenoxy) is 2. The van der Waals surface area contributed by atoms with Crippen molar-refractivity contribution in [3.8, 4) is 5.75 Å². The van der Waals surface area contributed by atoms with Crippen LogP contribution in [0, 0.1) is 0 Å². The second-order valence-electron chi connectivity index (χ2n) is 9.02. The van der Waals surface area contributed by atoms with Gasteiger partial charge in [-0.2, -0.15) is 0 Å². The van der Waals surface area contributed by atoms with Crippen LogP contribution < -0.4 is 24.5 Å². The number of esters is 1. The van der Waals surface area contributed by atoms with Crippen molar-refractivity contribution in [2.24, 2.45) is 4.99 Å². The van der Waals surface area contributed by atoms with Gasteiger partial charge in [0.2, 0.25) is 0 Å². The van der Waals surface area contributed by atoms with E-state index in [1.165, 1.54) is 9.47 Å². The molecule has 0 N–H and O–H groups in total. The van der Waals surface area contributed by atoms with Gasteiger partial charge in [-0.3, -0.25) is 14.2 Å². The van der Waals surface area contributed by atoms with Gasteiger partial charge in [0.15, 0.2) is 4.80 Å². The molecule has 0 spiro atoms. The van der Waals surface area contributed by atoms with E-state index in [0.29, 0.717) is 45.1 Å². The number of anilines is 1. The number of rotatable bonds is 6. The van der Waals surface area contributed by atoms with Crippen molar-refractivity contribution in [3.05, 3.63) is 87.4 Å². The zero-order chi connectivity index (χ0) is 28.0. The fraction of sp³-hybridized carbons (Fsp3) is 0.286. The Bertz CT molecular complexity index is 1740. The van der Waals surface area contributed by atoms with E-state index >= 15 is 0 Å². The summed E-state index contributed by atoms with van der Waals surface area (Å²) in [6.07, 6.45) is 1.24. The average Bonchev–Trinajstić information content (AvgIpc) is 3.35. The molecule has 0 aliphatic carbocycles.